The molecule has 32 heavy (non-hydrogen) atoms. The molecular weight excluding hydrogens is 430 g/mol. The molecule has 0 spiro atoms. The van der Waals surface area contributed by atoms with Gasteiger partial charge in [0.15, 0.2) is 0 Å². The molecule has 0 fully saturated rings. The molecule has 3 amide bonds. The number of carboxylic acid groups (broad SMARTS) is 3. The van der Waals surface area contributed by atoms with Gasteiger partial charge >= 0.3 is 17.9 Å². The standard InChI is InChI=1S/C18H31N5O9/c1-9(21-16(29)10(20)8-14(26)27)15(28)22-11(4-2-3-7-19)17(30)23-12(18(31)32)5-6-13(24)25/h9-12H,2-8,19-20H2,1H3,(H,21,29)(H,22,28)(H,23,30)(H,24,25)(H,26,27)(H,31,32). The number of nitrogens with two attached hydrogens (primary N) is 2. The predicted molar refractivity (Wildman–Crippen MR) is 109 cm³/mol. The average Bonchev–Trinajstić information content (AvgIpc) is 2.68. The largest absolute Gasteiger partial charge is 0.481 e. The Morgan fingerprint density at radius 3 is 1.88 bits per heavy atom. The highest BCUT2D eigenvalue weighted by molar-refractivity contribution is 5.94. The average molecular weight is 461 g/mol. The Balaban J connectivity index is 5.14. The number of hydrogen-bond acceptors (Lipinski definition) is 8. The molecule has 0 aliphatic carbocycles. The van der Waals surface area contributed by atoms with Gasteiger partial charge in [0.05, 0.1) is 12.5 Å². The summed E-state index contributed by atoms with van der Waals surface area (Å²) in [6.45, 7) is 1.62. The van der Waals surface area contributed by atoms with Crippen molar-refractivity contribution in [3.05, 3.63) is 0 Å². The van der Waals surface area contributed by atoms with Gasteiger partial charge in [-0.1, -0.05) is 0 Å². The molecule has 10 N–H and O–H groups in total. The van der Waals surface area contributed by atoms with Crippen molar-refractivity contribution in [2.75, 3.05) is 6.54 Å². The summed E-state index contributed by atoms with van der Waals surface area (Å²) >= 11 is 0. The van der Waals surface area contributed by atoms with Crippen LogP contribution in [0.5, 0.6) is 0 Å². The Kier molecular flexibility index (Phi) is 13.2. The lowest BCUT2D eigenvalue weighted by Crippen LogP contribution is -2.56. The first-order valence-corrected chi connectivity index (χ1v) is 9.92. The minimum Gasteiger partial charge on any atom is -0.481 e. The van der Waals surface area contributed by atoms with Crippen LogP contribution in [-0.2, 0) is 28.8 Å². The summed E-state index contributed by atoms with van der Waals surface area (Å²) in [5, 5.41) is 33.4. The van der Waals surface area contributed by atoms with E-state index < -0.39 is 72.6 Å². The van der Waals surface area contributed by atoms with Crippen LogP contribution in [0.2, 0.25) is 0 Å². The van der Waals surface area contributed by atoms with E-state index in [0.29, 0.717) is 19.4 Å². The summed E-state index contributed by atoms with van der Waals surface area (Å²) in [6, 6.07) is -5.20. The maximum atomic E-state index is 12.6. The van der Waals surface area contributed by atoms with E-state index in [1.165, 1.54) is 6.92 Å². The summed E-state index contributed by atoms with van der Waals surface area (Å²) in [6.07, 6.45) is -0.422. The van der Waals surface area contributed by atoms with Gasteiger partial charge in [-0.25, -0.2) is 4.79 Å². The van der Waals surface area contributed by atoms with Gasteiger partial charge in [-0.15, -0.1) is 0 Å². The first kappa shape index (κ1) is 28.7. The number of unbranched alkanes of at least 4 members (excludes halogenated alkanes) is 1. The summed E-state index contributed by atoms with van der Waals surface area (Å²) in [5.41, 5.74) is 10.9. The molecule has 0 radical (unpaired) electrons. The third kappa shape index (κ3) is 11.8. The zero-order valence-electron chi connectivity index (χ0n) is 17.7. The summed E-state index contributed by atoms with van der Waals surface area (Å²) < 4.78 is 0. The van der Waals surface area contributed by atoms with E-state index >= 15 is 0 Å². The molecule has 182 valence electrons. The second-order valence-corrected chi connectivity index (χ2v) is 7.11. The summed E-state index contributed by atoms with van der Waals surface area (Å²) in [5.74, 6) is -6.46. The van der Waals surface area contributed by atoms with Gasteiger partial charge in [0.2, 0.25) is 17.7 Å². The number of rotatable bonds is 16. The Bertz CT molecular complexity index is 700. The van der Waals surface area contributed by atoms with E-state index in [4.69, 9.17) is 21.7 Å². The Morgan fingerprint density at radius 2 is 1.38 bits per heavy atom. The third-order valence-electron chi connectivity index (χ3n) is 4.32. The maximum Gasteiger partial charge on any atom is 0.326 e. The van der Waals surface area contributed by atoms with E-state index in [-0.39, 0.29) is 12.8 Å². The summed E-state index contributed by atoms with van der Waals surface area (Å²) in [7, 11) is 0. The maximum absolute atomic E-state index is 12.6. The van der Waals surface area contributed by atoms with Crippen molar-refractivity contribution < 1.29 is 44.1 Å². The molecule has 0 aliphatic rings. The topological polar surface area (TPSA) is 251 Å². The Labute approximate surface area is 184 Å². The van der Waals surface area contributed by atoms with E-state index in [1.807, 2.05) is 0 Å². The number of amides is 3. The summed E-state index contributed by atoms with van der Waals surface area (Å²) in [4.78, 5) is 69.5. The molecule has 14 heteroatoms. The molecule has 0 aromatic carbocycles. The fraction of sp³-hybridized carbons (Fsp3) is 0.667. The minimum absolute atomic E-state index is 0.110. The smallest absolute Gasteiger partial charge is 0.326 e. The first-order chi connectivity index (χ1) is 14.9. The quantitative estimate of drug-likeness (QED) is 0.110. The van der Waals surface area contributed by atoms with Crippen LogP contribution in [0.4, 0.5) is 0 Å². The van der Waals surface area contributed by atoms with Crippen LogP contribution in [0.3, 0.4) is 0 Å². The lowest BCUT2D eigenvalue weighted by Gasteiger charge is -2.23. The van der Waals surface area contributed by atoms with Gasteiger partial charge < -0.3 is 42.7 Å². The van der Waals surface area contributed by atoms with Gasteiger partial charge in [-0.05, 0) is 39.2 Å². The van der Waals surface area contributed by atoms with Gasteiger partial charge in [-0.3, -0.25) is 24.0 Å². The van der Waals surface area contributed by atoms with Crippen LogP contribution >= 0.6 is 0 Å². The molecule has 0 aliphatic heterocycles. The lowest BCUT2D eigenvalue weighted by molar-refractivity contribution is -0.143. The SMILES string of the molecule is CC(NC(=O)C(N)CC(=O)O)C(=O)NC(CCCCN)C(=O)NC(CCC(=O)O)C(=O)O. The molecule has 0 aromatic rings. The van der Waals surface area contributed by atoms with Crippen LogP contribution in [0, 0.1) is 0 Å². The minimum atomic E-state index is -1.47. The van der Waals surface area contributed by atoms with Crippen LogP contribution in [0.25, 0.3) is 0 Å². The van der Waals surface area contributed by atoms with Crippen molar-refractivity contribution in [2.24, 2.45) is 11.5 Å². The van der Waals surface area contributed by atoms with E-state index in [0.717, 1.165) is 0 Å². The monoisotopic (exact) mass is 461 g/mol. The molecule has 14 nitrogen and oxygen atoms in total. The number of carboxylic acids is 3. The number of carbonyl (C=O) groups excluding carboxylic acids is 3. The molecule has 0 bridgehead atoms. The van der Waals surface area contributed by atoms with E-state index in [1.54, 1.807) is 0 Å². The molecular formula is C18H31N5O9. The van der Waals surface area contributed by atoms with Crippen molar-refractivity contribution in [1.29, 1.82) is 0 Å². The molecule has 0 saturated heterocycles. The van der Waals surface area contributed by atoms with Crippen molar-refractivity contribution >= 4 is 35.6 Å². The van der Waals surface area contributed by atoms with Gasteiger partial charge in [0.25, 0.3) is 0 Å². The number of aliphatic carboxylic acids is 3. The van der Waals surface area contributed by atoms with Crippen LogP contribution < -0.4 is 27.4 Å². The third-order valence-corrected chi connectivity index (χ3v) is 4.32. The van der Waals surface area contributed by atoms with E-state index in [2.05, 4.69) is 16.0 Å². The van der Waals surface area contributed by atoms with Crippen molar-refractivity contribution in [3.8, 4) is 0 Å². The molecule has 0 aromatic heterocycles. The fourth-order valence-corrected chi connectivity index (χ4v) is 2.52. The number of carbonyl (C=O) groups is 6. The number of nitrogens with one attached hydrogen (secondary N) is 3. The van der Waals surface area contributed by atoms with Gasteiger partial charge in [0.1, 0.15) is 18.1 Å². The Hall–Kier alpha value is -3.26. The molecule has 0 heterocycles. The lowest BCUT2D eigenvalue weighted by atomic mass is 10.1. The fourth-order valence-electron chi connectivity index (χ4n) is 2.52. The van der Waals surface area contributed by atoms with Gasteiger partial charge in [-0.2, -0.15) is 0 Å². The van der Waals surface area contributed by atoms with E-state index in [9.17, 15) is 33.9 Å². The highest BCUT2D eigenvalue weighted by Crippen LogP contribution is 2.05. The molecule has 4 unspecified atom stereocenters. The van der Waals surface area contributed by atoms with Crippen LogP contribution in [0.1, 0.15) is 45.4 Å². The zero-order valence-corrected chi connectivity index (χ0v) is 17.7. The van der Waals surface area contributed by atoms with Gasteiger partial charge in [0, 0.05) is 6.42 Å². The highest BCUT2D eigenvalue weighted by Gasteiger charge is 2.29. The van der Waals surface area contributed by atoms with Crippen LogP contribution in [-0.4, -0.2) is 81.7 Å². The van der Waals surface area contributed by atoms with Crippen molar-refractivity contribution in [2.45, 2.75) is 69.6 Å². The molecule has 0 saturated carbocycles. The molecule has 4 atom stereocenters. The predicted octanol–water partition coefficient (Wildman–Crippen LogP) is -2.66. The van der Waals surface area contributed by atoms with Crippen molar-refractivity contribution in [3.63, 3.8) is 0 Å². The number of hydrogen-bond donors (Lipinski definition) is 8. The second kappa shape index (κ2) is 14.7. The molecule has 0 rings (SSSR count). The first-order valence-electron chi connectivity index (χ1n) is 9.92. The zero-order chi connectivity index (χ0) is 24.8. The van der Waals surface area contributed by atoms with Crippen LogP contribution in [0.15, 0.2) is 0 Å². The highest BCUT2D eigenvalue weighted by atomic mass is 16.4. The van der Waals surface area contributed by atoms with Crippen molar-refractivity contribution in [1.82, 2.24) is 16.0 Å². The normalized spacial score (nSPS) is 14.3. The Morgan fingerprint density at radius 1 is 0.781 bits per heavy atom. The second-order valence-electron chi connectivity index (χ2n) is 7.11.